The van der Waals surface area contributed by atoms with Gasteiger partial charge in [-0.2, -0.15) is 10.4 Å². The Balaban J connectivity index is 1.57. The summed E-state index contributed by atoms with van der Waals surface area (Å²) < 4.78 is 1.84. The number of benzene rings is 1. The van der Waals surface area contributed by atoms with E-state index in [4.69, 9.17) is 0 Å². The van der Waals surface area contributed by atoms with Crippen LogP contribution in [0.3, 0.4) is 0 Å². The van der Waals surface area contributed by atoms with Crippen LogP contribution in [0.25, 0.3) is 0 Å². The first-order valence-corrected chi connectivity index (χ1v) is 8.79. The minimum Gasteiger partial charge on any atom is -0.370 e. The average Bonchev–Trinajstić information content (AvgIpc) is 3.17. The van der Waals surface area contributed by atoms with Crippen molar-refractivity contribution in [2.45, 2.75) is 31.6 Å². The van der Waals surface area contributed by atoms with E-state index in [9.17, 15) is 10.1 Å². The Morgan fingerprint density at radius 3 is 2.76 bits per heavy atom. The van der Waals surface area contributed by atoms with Crippen LogP contribution in [0.15, 0.2) is 24.4 Å². The fraction of sp³-hybridized carbons (Fsp3) is 0.421. The largest absolute Gasteiger partial charge is 0.370 e. The monoisotopic (exact) mass is 335 g/mol. The Kier molecular flexibility index (Phi) is 3.92. The summed E-state index contributed by atoms with van der Waals surface area (Å²) in [7, 11) is 1.90. The summed E-state index contributed by atoms with van der Waals surface area (Å²) >= 11 is 0. The standard InChI is InChI=1S/C19H21N5O/c1-23-18(13-4-5-13)16(12-21-23)22-19(25)14-6-7-17(15(10-14)11-20)24-8-2-3-9-24/h6-7,10,12-13H,2-5,8-9H2,1H3,(H,22,25). The predicted octanol–water partition coefficient (Wildman–Crippen LogP) is 3.02. The number of rotatable bonds is 4. The highest BCUT2D eigenvalue weighted by atomic mass is 16.1. The minimum atomic E-state index is -0.195. The van der Waals surface area contributed by atoms with Gasteiger partial charge in [-0.05, 0) is 43.9 Å². The molecule has 6 nitrogen and oxygen atoms in total. The third kappa shape index (κ3) is 2.98. The Bertz CT molecular complexity index is 853. The zero-order valence-corrected chi connectivity index (χ0v) is 14.3. The van der Waals surface area contributed by atoms with Gasteiger partial charge in [-0.1, -0.05) is 0 Å². The van der Waals surface area contributed by atoms with Gasteiger partial charge in [-0.15, -0.1) is 0 Å². The molecule has 0 bridgehead atoms. The molecule has 1 N–H and O–H groups in total. The first-order chi connectivity index (χ1) is 12.2. The molecule has 6 heteroatoms. The molecule has 1 saturated heterocycles. The first kappa shape index (κ1) is 15.7. The second kappa shape index (κ2) is 6.25. The van der Waals surface area contributed by atoms with E-state index in [0.29, 0.717) is 17.0 Å². The van der Waals surface area contributed by atoms with Crippen LogP contribution in [0.5, 0.6) is 0 Å². The summed E-state index contributed by atoms with van der Waals surface area (Å²) in [6, 6.07) is 7.62. The molecule has 4 rings (SSSR count). The Labute approximate surface area is 147 Å². The van der Waals surface area contributed by atoms with Gasteiger partial charge in [0.05, 0.1) is 28.8 Å². The number of aryl methyl sites for hydroxylation is 1. The molecule has 2 aromatic rings. The van der Waals surface area contributed by atoms with Crippen molar-refractivity contribution in [1.29, 1.82) is 5.26 Å². The molecule has 1 amide bonds. The normalized spacial score (nSPS) is 16.7. The van der Waals surface area contributed by atoms with Crippen molar-refractivity contribution in [2.75, 3.05) is 23.3 Å². The number of nitrogens with one attached hydrogen (secondary N) is 1. The molecular formula is C19H21N5O. The van der Waals surface area contributed by atoms with E-state index in [1.54, 1.807) is 18.3 Å². The highest BCUT2D eigenvalue weighted by molar-refractivity contribution is 6.05. The van der Waals surface area contributed by atoms with Crippen LogP contribution in [0.2, 0.25) is 0 Å². The molecule has 2 aliphatic rings. The smallest absolute Gasteiger partial charge is 0.255 e. The maximum absolute atomic E-state index is 12.6. The van der Waals surface area contributed by atoms with Crippen molar-refractivity contribution in [3.05, 3.63) is 41.2 Å². The molecule has 1 aliphatic heterocycles. The molecule has 0 unspecified atom stereocenters. The summed E-state index contributed by atoms with van der Waals surface area (Å²) in [5.41, 5.74) is 3.85. The van der Waals surface area contributed by atoms with E-state index in [1.165, 1.54) is 0 Å². The summed E-state index contributed by atoms with van der Waals surface area (Å²) in [4.78, 5) is 14.9. The molecule has 25 heavy (non-hydrogen) atoms. The predicted molar refractivity (Wildman–Crippen MR) is 95.7 cm³/mol. The highest BCUT2D eigenvalue weighted by Crippen LogP contribution is 2.43. The molecule has 2 fully saturated rings. The first-order valence-electron chi connectivity index (χ1n) is 8.79. The van der Waals surface area contributed by atoms with E-state index < -0.39 is 0 Å². The van der Waals surface area contributed by atoms with Gasteiger partial charge in [0.25, 0.3) is 5.91 Å². The van der Waals surface area contributed by atoms with Crippen molar-refractivity contribution < 1.29 is 4.79 Å². The highest BCUT2D eigenvalue weighted by Gasteiger charge is 2.30. The van der Waals surface area contributed by atoms with Crippen LogP contribution >= 0.6 is 0 Å². The number of carbonyl (C=O) groups is 1. The van der Waals surface area contributed by atoms with Crippen LogP contribution < -0.4 is 10.2 Å². The number of nitriles is 1. The number of amides is 1. The van der Waals surface area contributed by atoms with Gasteiger partial charge in [0.15, 0.2) is 0 Å². The summed E-state index contributed by atoms with van der Waals surface area (Å²) in [5.74, 6) is 0.300. The molecule has 0 spiro atoms. The SMILES string of the molecule is Cn1ncc(NC(=O)c2ccc(N3CCCC3)c(C#N)c2)c1C1CC1. The van der Waals surface area contributed by atoms with Gasteiger partial charge in [-0.25, -0.2) is 0 Å². The van der Waals surface area contributed by atoms with Crippen molar-refractivity contribution in [2.24, 2.45) is 7.05 Å². The van der Waals surface area contributed by atoms with Gasteiger partial charge in [0.2, 0.25) is 0 Å². The number of anilines is 2. The zero-order valence-electron chi connectivity index (χ0n) is 14.3. The van der Waals surface area contributed by atoms with Crippen molar-refractivity contribution >= 4 is 17.3 Å². The van der Waals surface area contributed by atoms with E-state index in [0.717, 1.165) is 55.8 Å². The lowest BCUT2D eigenvalue weighted by Gasteiger charge is -2.19. The van der Waals surface area contributed by atoms with Gasteiger partial charge in [0, 0.05) is 31.6 Å². The summed E-state index contributed by atoms with van der Waals surface area (Å²) in [6.07, 6.45) is 6.29. The van der Waals surface area contributed by atoms with Gasteiger partial charge in [0.1, 0.15) is 6.07 Å². The van der Waals surface area contributed by atoms with Crippen LogP contribution in [-0.2, 0) is 7.05 Å². The van der Waals surface area contributed by atoms with E-state index in [2.05, 4.69) is 21.4 Å². The molecule has 1 saturated carbocycles. The molecule has 128 valence electrons. The number of hydrogen-bond acceptors (Lipinski definition) is 4. The van der Waals surface area contributed by atoms with Crippen LogP contribution in [0.4, 0.5) is 11.4 Å². The van der Waals surface area contributed by atoms with Crippen molar-refractivity contribution in [1.82, 2.24) is 9.78 Å². The zero-order chi connectivity index (χ0) is 17.4. The molecular weight excluding hydrogens is 314 g/mol. The molecule has 1 aromatic carbocycles. The number of nitrogens with zero attached hydrogens (tertiary/aromatic N) is 4. The third-order valence-electron chi connectivity index (χ3n) is 5.02. The maximum Gasteiger partial charge on any atom is 0.255 e. The Hall–Kier alpha value is -2.81. The molecule has 2 heterocycles. The quantitative estimate of drug-likeness (QED) is 0.932. The molecule has 0 radical (unpaired) electrons. The second-order valence-electron chi connectivity index (χ2n) is 6.83. The minimum absolute atomic E-state index is 0.195. The third-order valence-corrected chi connectivity index (χ3v) is 5.02. The Morgan fingerprint density at radius 2 is 2.08 bits per heavy atom. The van der Waals surface area contributed by atoms with Crippen LogP contribution in [0.1, 0.15) is 53.2 Å². The fourth-order valence-electron chi connectivity index (χ4n) is 3.58. The number of carbonyl (C=O) groups excluding carboxylic acids is 1. The van der Waals surface area contributed by atoms with Crippen LogP contribution in [0, 0.1) is 11.3 Å². The lowest BCUT2D eigenvalue weighted by atomic mass is 10.1. The van der Waals surface area contributed by atoms with Gasteiger partial charge in [-0.3, -0.25) is 9.48 Å². The number of aromatic nitrogens is 2. The fourth-order valence-corrected chi connectivity index (χ4v) is 3.58. The topological polar surface area (TPSA) is 74.0 Å². The molecule has 1 aliphatic carbocycles. The summed E-state index contributed by atoms with van der Waals surface area (Å²) in [6.45, 7) is 1.95. The van der Waals surface area contributed by atoms with Gasteiger partial charge < -0.3 is 10.2 Å². The maximum atomic E-state index is 12.6. The van der Waals surface area contributed by atoms with Crippen LogP contribution in [-0.4, -0.2) is 28.8 Å². The van der Waals surface area contributed by atoms with Crippen molar-refractivity contribution in [3.63, 3.8) is 0 Å². The second-order valence-corrected chi connectivity index (χ2v) is 6.83. The van der Waals surface area contributed by atoms with E-state index >= 15 is 0 Å². The molecule has 0 atom stereocenters. The Morgan fingerprint density at radius 1 is 1.32 bits per heavy atom. The average molecular weight is 335 g/mol. The lowest BCUT2D eigenvalue weighted by molar-refractivity contribution is 0.102. The number of hydrogen-bond donors (Lipinski definition) is 1. The van der Waals surface area contributed by atoms with E-state index in [-0.39, 0.29) is 5.91 Å². The summed E-state index contributed by atoms with van der Waals surface area (Å²) in [5, 5.41) is 16.7. The lowest BCUT2D eigenvalue weighted by Crippen LogP contribution is -2.19. The van der Waals surface area contributed by atoms with E-state index in [1.807, 2.05) is 17.8 Å². The molecule has 1 aromatic heterocycles. The van der Waals surface area contributed by atoms with Crippen molar-refractivity contribution in [3.8, 4) is 6.07 Å². The van der Waals surface area contributed by atoms with Gasteiger partial charge >= 0.3 is 0 Å².